The lowest BCUT2D eigenvalue weighted by Crippen LogP contribution is -2.11. The number of aryl methyl sites for hydroxylation is 1. The minimum Gasteiger partial charge on any atom is -0.339 e. The van der Waals surface area contributed by atoms with Crippen molar-refractivity contribution in [2.45, 2.75) is 11.1 Å². The molecule has 3 aromatic rings. The molecule has 9 heteroatoms. The zero-order valence-corrected chi connectivity index (χ0v) is 12.9. The van der Waals surface area contributed by atoms with E-state index in [4.69, 9.17) is 4.52 Å². The Morgan fingerprint density at radius 2 is 2.14 bits per heavy atom. The average molecular weight is 339 g/mol. The van der Waals surface area contributed by atoms with E-state index in [1.165, 1.54) is 24.3 Å². The Morgan fingerprint density at radius 3 is 2.82 bits per heavy atom. The Hall–Kier alpha value is -2.26. The lowest BCUT2D eigenvalue weighted by molar-refractivity contribution is 0.394. The van der Waals surface area contributed by atoms with Gasteiger partial charge in [-0.15, -0.1) is 11.3 Å². The highest BCUT2D eigenvalue weighted by atomic mass is 32.2. The number of anilines is 1. The standard InChI is InChI=1S/C13H10FN3O3S2/c1-8-15-13(16-20-8)9-5-12(21-7-9)22(18,19)17-11-4-2-3-10(14)6-11/h2-7,17H,1H3. The SMILES string of the molecule is Cc1nc(-c2csc(S(=O)(=O)Nc3cccc(F)c3)c2)no1. The van der Waals surface area contributed by atoms with Gasteiger partial charge in [0.25, 0.3) is 10.0 Å². The Bertz CT molecular complexity index is 918. The molecule has 0 atom stereocenters. The van der Waals surface area contributed by atoms with E-state index in [-0.39, 0.29) is 9.90 Å². The maximum atomic E-state index is 13.1. The lowest BCUT2D eigenvalue weighted by atomic mass is 10.3. The molecule has 0 bridgehead atoms. The molecule has 0 saturated carbocycles. The monoisotopic (exact) mass is 339 g/mol. The van der Waals surface area contributed by atoms with Gasteiger partial charge >= 0.3 is 0 Å². The highest BCUT2D eigenvalue weighted by Gasteiger charge is 2.19. The number of halogens is 1. The van der Waals surface area contributed by atoms with Crippen LogP contribution in [0.2, 0.25) is 0 Å². The van der Waals surface area contributed by atoms with Gasteiger partial charge < -0.3 is 4.52 Å². The Balaban J connectivity index is 1.88. The molecule has 0 amide bonds. The fraction of sp³-hybridized carbons (Fsp3) is 0.0769. The summed E-state index contributed by atoms with van der Waals surface area (Å²) in [6.07, 6.45) is 0. The summed E-state index contributed by atoms with van der Waals surface area (Å²) in [5.74, 6) is 0.193. The average Bonchev–Trinajstić information content (AvgIpc) is 3.06. The lowest BCUT2D eigenvalue weighted by Gasteiger charge is -2.05. The zero-order valence-electron chi connectivity index (χ0n) is 11.3. The number of rotatable bonds is 4. The van der Waals surface area contributed by atoms with Crippen LogP contribution in [0.5, 0.6) is 0 Å². The van der Waals surface area contributed by atoms with Crippen LogP contribution in [0.1, 0.15) is 5.89 Å². The third kappa shape index (κ3) is 3.00. The molecule has 0 aliphatic carbocycles. The van der Waals surface area contributed by atoms with Crippen molar-refractivity contribution < 1.29 is 17.3 Å². The number of sulfonamides is 1. The van der Waals surface area contributed by atoms with Crippen LogP contribution >= 0.6 is 11.3 Å². The van der Waals surface area contributed by atoms with Gasteiger partial charge in [0.05, 0.1) is 5.69 Å². The summed E-state index contributed by atoms with van der Waals surface area (Å²) in [4.78, 5) is 4.04. The van der Waals surface area contributed by atoms with Gasteiger partial charge in [-0.1, -0.05) is 11.2 Å². The van der Waals surface area contributed by atoms with E-state index in [2.05, 4.69) is 14.9 Å². The molecule has 6 nitrogen and oxygen atoms in total. The van der Waals surface area contributed by atoms with Gasteiger partial charge in [0.1, 0.15) is 10.0 Å². The molecule has 22 heavy (non-hydrogen) atoms. The van der Waals surface area contributed by atoms with Gasteiger partial charge in [0.15, 0.2) is 0 Å². The first-order valence-corrected chi connectivity index (χ1v) is 8.48. The number of nitrogens with zero attached hydrogens (tertiary/aromatic N) is 2. The van der Waals surface area contributed by atoms with E-state index in [1.807, 2.05) is 0 Å². The van der Waals surface area contributed by atoms with Crippen LogP contribution in [-0.4, -0.2) is 18.6 Å². The van der Waals surface area contributed by atoms with Crippen molar-refractivity contribution >= 4 is 27.0 Å². The number of thiophene rings is 1. The van der Waals surface area contributed by atoms with E-state index in [0.717, 1.165) is 17.4 Å². The van der Waals surface area contributed by atoms with Crippen LogP contribution in [-0.2, 0) is 10.0 Å². The van der Waals surface area contributed by atoms with Crippen molar-refractivity contribution in [3.8, 4) is 11.4 Å². The van der Waals surface area contributed by atoms with Gasteiger partial charge in [-0.05, 0) is 24.3 Å². The van der Waals surface area contributed by atoms with Crippen LogP contribution in [0.25, 0.3) is 11.4 Å². The molecule has 0 radical (unpaired) electrons. The second-order valence-corrected chi connectivity index (χ2v) is 7.23. The molecule has 114 valence electrons. The van der Waals surface area contributed by atoms with Crippen LogP contribution in [0, 0.1) is 12.7 Å². The Kier molecular flexibility index (Phi) is 3.67. The Labute approximate surface area is 129 Å². The number of aromatic nitrogens is 2. The summed E-state index contributed by atoms with van der Waals surface area (Å²) < 4.78 is 44.9. The summed E-state index contributed by atoms with van der Waals surface area (Å²) in [7, 11) is -3.79. The van der Waals surface area contributed by atoms with Crippen molar-refractivity contribution in [3.63, 3.8) is 0 Å². The first-order valence-electron chi connectivity index (χ1n) is 6.12. The molecule has 0 spiro atoms. The normalized spacial score (nSPS) is 11.5. The molecule has 0 unspecified atom stereocenters. The van der Waals surface area contributed by atoms with Gasteiger partial charge in [0.2, 0.25) is 11.7 Å². The third-order valence-electron chi connectivity index (χ3n) is 2.70. The molecule has 2 aromatic heterocycles. The molecule has 1 aromatic carbocycles. The highest BCUT2D eigenvalue weighted by Crippen LogP contribution is 2.28. The summed E-state index contributed by atoms with van der Waals surface area (Å²) in [6, 6.07) is 6.68. The maximum absolute atomic E-state index is 13.1. The fourth-order valence-corrected chi connectivity index (χ4v) is 3.96. The topological polar surface area (TPSA) is 85.1 Å². The van der Waals surface area contributed by atoms with E-state index in [1.54, 1.807) is 12.3 Å². The predicted molar refractivity (Wildman–Crippen MR) is 79.6 cm³/mol. The summed E-state index contributed by atoms with van der Waals surface area (Å²) in [5.41, 5.74) is 0.701. The second kappa shape index (κ2) is 5.50. The Morgan fingerprint density at radius 1 is 1.32 bits per heavy atom. The molecule has 0 aliphatic rings. The van der Waals surface area contributed by atoms with Crippen molar-refractivity contribution in [1.82, 2.24) is 10.1 Å². The van der Waals surface area contributed by atoms with Crippen LogP contribution < -0.4 is 4.72 Å². The molecule has 0 saturated heterocycles. The van der Waals surface area contributed by atoms with E-state index >= 15 is 0 Å². The quantitative estimate of drug-likeness (QED) is 0.789. The summed E-state index contributed by atoms with van der Waals surface area (Å²) in [5, 5.41) is 5.35. The van der Waals surface area contributed by atoms with Crippen LogP contribution in [0.4, 0.5) is 10.1 Å². The smallest absolute Gasteiger partial charge is 0.271 e. The highest BCUT2D eigenvalue weighted by molar-refractivity contribution is 7.94. The van der Waals surface area contributed by atoms with E-state index in [0.29, 0.717) is 17.3 Å². The zero-order chi connectivity index (χ0) is 15.7. The molecule has 3 rings (SSSR count). The first kappa shape index (κ1) is 14.7. The summed E-state index contributed by atoms with van der Waals surface area (Å²) >= 11 is 1.02. The second-order valence-electron chi connectivity index (χ2n) is 4.41. The molecule has 1 N–H and O–H groups in total. The molecule has 0 aliphatic heterocycles. The minimum atomic E-state index is -3.79. The van der Waals surface area contributed by atoms with Gasteiger partial charge in [-0.2, -0.15) is 4.98 Å². The van der Waals surface area contributed by atoms with Crippen LogP contribution in [0.3, 0.4) is 0 Å². The first-order chi connectivity index (χ1) is 10.4. The molecule has 0 fully saturated rings. The van der Waals surface area contributed by atoms with Crippen molar-refractivity contribution in [2.24, 2.45) is 0 Å². The van der Waals surface area contributed by atoms with Gasteiger partial charge in [-0.3, -0.25) is 4.72 Å². The number of nitrogens with one attached hydrogen (secondary N) is 1. The fourth-order valence-electron chi connectivity index (χ4n) is 1.75. The summed E-state index contributed by atoms with van der Waals surface area (Å²) in [6.45, 7) is 1.64. The minimum absolute atomic E-state index is 0.0780. The predicted octanol–water partition coefficient (Wildman–Crippen LogP) is 3.05. The maximum Gasteiger partial charge on any atom is 0.271 e. The van der Waals surface area contributed by atoms with Crippen molar-refractivity contribution in [1.29, 1.82) is 0 Å². The van der Waals surface area contributed by atoms with Crippen molar-refractivity contribution in [2.75, 3.05) is 4.72 Å². The van der Waals surface area contributed by atoms with E-state index < -0.39 is 15.8 Å². The number of hydrogen-bond donors (Lipinski definition) is 1. The molecule has 2 heterocycles. The third-order valence-corrected chi connectivity index (χ3v) is 5.52. The molecular weight excluding hydrogens is 329 g/mol. The number of benzene rings is 1. The molecular formula is C13H10FN3O3S2. The van der Waals surface area contributed by atoms with Gasteiger partial charge in [-0.25, -0.2) is 12.8 Å². The largest absolute Gasteiger partial charge is 0.339 e. The van der Waals surface area contributed by atoms with Gasteiger partial charge in [0, 0.05) is 17.9 Å². The van der Waals surface area contributed by atoms with E-state index in [9.17, 15) is 12.8 Å². The van der Waals surface area contributed by atoms with Crippen LogP contribution in [0.15, 0.2) is 44.4 Å². The number of hydrogen-bond acceptors (Lipinski definition) is 6. The van der Waals surface area contributed by atoms with Crippen molar-refractivity contribution in [3.05, 3.63) is 47.4 Å².